The first kappa shape index (κ1) is 23.7. The van der Waals surface area contributed by atoms with Gasteiger partial charge in [0.25, 0.3) is 0 Å². The lowest BCUT2D eigenvalue weighted by atomic mass is 9.97. The van der Waals surface area contributed by atoms with Crippen LogP contribution in [0.15, 0.2) is 109 Å². The second kappa shape index (κ2) is 10.0. The van der Waals surface area contributed by atoms with Crippen molar-refractivity contribution in [2.75, 3.05) is 6.61 Å². The van der Waals surface area contributed by atoms with E-state index in [2.05, 4.69) is 29.6 Å². The highest BCUT2D eigenvalue weighted by Gasteiger charge is 2.30. The van der Waals surface area contributed by atoms with Gasteiger partial charge in [0.1, 0.15) is 6.61 Å². The van der Waals surface area contributed by atoms with E-state index in [0.29, 0.717) is 12.0 Å². The molecule has 1 heterocycles. The monoisotopic (exact) mass is 500 g/mol. The molecule has 0 spiro atoms. The van der Waals surface area contributed by atoms with Gasteiger partial charge < -0.3 is 14.6 Å². The lowest BCUT2D eigenvalue weighted by Gasteiger charge is -2.19. The molecule has 0 aliphatic heterocycles. The van der Waals surface area contributed by atoms with E-state index in [4.69, 9.17) is 4.74 Å². The Morgan fingerprint density at radius 3 is 2.13 bits per heavy atom. The smallest absolute Gasteiger partial charge is 0.407 e. The second-order valence-corrected chi connectivity index (χ2v) is 9.75. The number of nitrogens with one attached hydrogen (secondary N) is 1. The number of benzene rings is 4. The van der Waals surface area contributed by atoms with Crippen molar-refractivity contribution in [1.29, 1.82) is 0 Å². The van der Waals surface area contributed by atoms with Crippen LogP contribution >= 0.6 is 0 Å². The zero-order chi connectivity index (χ0) is 26.1. The second-order valence-electron chi connectivity index (χ2n) is 9.75. The summed E-state index contributed by atoms with van der Waals surface area (Å²) in [6.07, 6.45) is 1.61. The molecular formula is C33H28N2O3. The van der Waals surface area contributed by atoms with Gasteiger partial charge in [-0.15, -0.1) is 0 Å². The molecule has 38 heavy (non-hydrogen) atoms. The number of carbonyl (C=O) groups is 2. The highest BCUT2D eigenvalue weighted by Crippen LogP contribution is 2.44. The van der Waals surface area contributed by atoms with Crippen LogP contribution < -0.4 is 5.32 Å². The lowest BCUT2D eigenvalue weighted by molar-refractivity contribution is 0.0920. The van der Waals surface area contributed by atoms with Gasteiger partial charge in [0.2, 0.25) is 0 Å². The number of rotatable bonds is 7. The molecule has 5 nitrogen and oxygen atoms in total. The number of hydrogen-bond donors (Lipinski definition) is 1. The molecule has 0 saturated heterocycles. The molecule has 1 N–H and O–H groups in total. The van der Waals surface area contributed by atoms with Gasteiger partial charge in [0.15, 0.2) is 5.78 Å². The SMILES string of the molecule is Cn1cc(C(=O)[C@H](Cc2ccccc2)NC(=O)OCC2c3ccccc3-c3ccccc32)c2ccccc21. The summed E-state index contributed by atoms with van der Waals surface area (Å²) >= 11 is 0. The fourth-order valence-electron chi connectivity index (χ4n) is 5.57. The van der Waals surface area contributed by atoms with Crippen molar-refractivity contribution in [2.24, 2.45) is 7.05 Å². The number of para-hydroxylation sites is 1. The van der Waals surface area contributed by atoms with Gasteiger partial charge in [-0.25, -0.2) is 4.79 Å². The molecule has 5 aromatic rings. The molecule has 0 fully saturated rings. The first-order chi connectivity index (χ1) is 18.6. The third-order valence-electron chi connectivity index (χ3n) is 7.40. The standard InChI is InChI=1S/C33H28N2O3/c1-35-20-28(27-17-9-10-18-31(27)35)32(36)30(19-22-11-3-2-4-12-22)34-33(37)38-21-29-25-15-7-5-13-23(25)24-14-6-8-16-26(24)29/h2-18,20,29-30H,19,21H2,1H3,(H,34,37)/t30-/m0/s1. The van der Waals surface area contributed by atoms with E-state index in [1.807, 2.05) is 96.7 Å². The van der Waals surface area contributed by atoms with E-state index in [1.54, 1.807) is 0 Å². The summed E-state index contributed by atoms with van der Waals surface area (Å²) in [5.74, 6) is -0.186. The van der Waals surface area contributed by atoms with Crippen molar-refractivity contribution < 1.29 is 14.3 Å². The average Bonchev–Trinajstić information content (AvgIpc) is 3.46. The fourth-order valence-corrected chi connectivity index (χ4v) is 5.57. The zero-order valence-corrected chi connectivity index (χ0v) is 21.1. The van der Waals surface area contributed by atoms with Crippen LogP contribution in [0.5, 0.6) is 0 Å². The number of ketones is 1. The van der Waals surface area contributed by atoms with Crippen LogP contribution in [0.1, 0.15) is 33.0 Å². The van der Waals surface area contributed by atoms with Crippen LogP contribution in [-0.4, -0.2) is 29.1 Å². The molecule has 0 radical (unpaired) electrons. The minimum atomic E-state index is -0.765. The van der Waals surface area contributed by atoms with Gasteiger partial charge in [0.05, 0.1) is 6.04 Å². The van der Waals surface area contributed by atoms with Crippen LogP contribution in [0.25, 0.3) is 22.0 Å². The molecule has 1 atom stereocenters. The maximum absolute atomic E-state index is 13.8. The lowest BCUT2D eigenvalue weighted by Crippen LogP contribution is -2.43. The van der Waals surface area contributed by atoms with E-state index in [9.17, 15) is 9.59 Å². The summed E-state index contributed by atoms with van der Waals surface area (Å²) in [6.45, 7) is 0.195. The maximum Gasteiger partial charge on any atom is 0.407 e. The average molecular weight is 501 g/mol. The zero-order valence-electron chi connectivity index (χ0n) is 21.1. The molecule has 1 aliphatic carbocycles. The molecule has 0 saturated carbocycles. The summed E-state index contributed by atoms with van der Waals surface area (Å²) in [6, 6.07) is 33.2. The van der Waals surface area contributed by atoms with Crippen LogP contribution in [-0.2, 0) is 18.2 Å². The highest BCUT2D eigenvalue weighted by atomic mass is 16.5. The summed E-state index contributed by atoms with van der Waals surface area (Å²) in [4.78, 5) is 27.0. The summed E-state index contributed by atoms with van der Waals surface area (Å²) in [5.41, 5.74) is 7.15. The minimum absolute atomic E-state index is 0.0468. The van der Waals surface area contributed by atoms with E-state index in [-0.39, 0.29) is 18.3 Å². The Labute approximate surface area is 221 Å². The van der Waals surface area contributed by atoms with Crippen molar-refractivity contribution in [2.45, 2.75) is 18.4 Å². The largest absolute Gasteiger partial charge is 0.449 e. The molecule has 1 aliphatic rings. The molecule has 0 unspecified atom stereocenters. The third-order valence-corrected chi connectivity index (χ3v) is 7.40. The number of aryl methyl sites for hydroxylation is 1. The van der Waals surface area contributed by atoms with E-state index < -0.39 is 12.1 Å². The van der Waals surface area contributed by atoms with Crippen molar-refractivity contribution in [3.8, 4) is 11.1 Å². The van der Waals surface area contributed by atoms with Gasteiger partial charge in [0, 0.05) is 42.0 Å². The van der Waals surface area contributed by atoms with E-state index in [1.165, 1.54) is 11.1 Å². The molecule has 4 aromatic carbocycles. The Kier molecular flexibility index (Phi) is 6.26. The molecule has 1 aromatic heterocycles. The van der Waals surface area contributed by atoms with Gasteiger partial charge >= 0.3 is 6.09 Å². The Morgan fingerprint density at radius 2 is 1.42 bits per heavy atom. The maximum atomic E-state index is 13.8. The van der Waals surface area contributed by atoms with Crippen molar-refractivity contribution >= 4 is 22.8 Å². The van der Waals surface area contributed by atoms with Crippen LogP contribution in [0.3, 0.4) is 0 Å². The Bertz CT molecular complexity index is 1590. The minimum Gasteiger partial charge on any atom is -0.449 e. The predicted octanol–water partition coefficient (Wildman–Crippen LogP) is 6.51. The molecule has 0 bridgehead atoms. The molecule has 188 valence electrons. The van der Waals surface area contributed by atoms with E-state index in [0.717, 1.165) is 27.6 Å². The summed E-state index contributed by atoms with van der Waals surface area (Å²) in [7, 11) is 1.92. The number of ether oxygens (including phenoxy) is 1. The topological polar surface area (TPSA) is 60.3 Å². The molecule has 1 amide bonds. The number of carbonyl (C=O) groups excluding carboxylic acids is 2. The van der Waals surface area contributed by atoms with Crippen LogP contribution in [0.2, 0.25) is 0 Å². The van der Waals surface area contributed by atoms with Crippen LogP contribution in [0, 0.1) is 0 Å². The number of aromatic nitrogens is 1. The quantitative estimate of drug-likeness (QED) is 0.259. The molecular weight excluding hydrogens is 472 g/mol. The van der Waals surface area contributed by atoms with Gasteiger partial charge in [-0.2, -0.15) is 0 Å². The third kappa shape index (κ3) is 4.37. The highest BCUT2D eigenvalue weighted by molar-refractivity contribution is 6.11. The van der Waals surface area contributed by atoms with Crippen molar-refractivity contribution in [1.82, 2.24) is 9.88 Å². The number of Topliss-reactive ketones (excluding diaryl/α,β-unsaturated/α-hetero) is 1. The van der Waals surface area contributed by atoms with Crippen molar-refractivity contribution in [3.05, 3.63) is 132 Å². The molecule has 6 rings (SSSR count). The summed E-state index contributed by atoms with van der Waals surface area (Å²) in [5, 5.41) is 3.76. The summed E-state index contributed by atoms with van der Waals surface area (Å²) < 4.78 is 7.72. The number of alkyl carbamates (subject to hydrolysis) is 1. The van der Waals surface area contributed by atoms with Crippen molar-refractivity contribution in [3.63, 3.8) is 0 Å². The van der Waals surface area contributed by atoms with Gasteiger partial charge in [-0.05, 0) is 33.9 Å². The fraction of sp³-hybridized carbons (Fsp3) is 0.152. The Balaban J connectivity index is 1.24. The van der Waals surface area contributed by atoms with E-state index >= 15 is 0 Å². The van der Waals surface area contributed by atoms with Gasteiger partial charge in [-0.1, -0.05) is 97.1 Å². The van der Waals surface area contributed by atoms with Gasteiger partial charge in [-0.3, -0.25) is 4.79 Å². The first-order valence-electron chi connectivity index (χ1n) is 12.8. The normalized spacial score (nSPS) is 13.1. The van der Waals surface area contributed by atoms with Crippen LogP contribution in [0.4, 0.5) is 4.79 Å². The first-order valence-corrected chi connectivity index (χ1v) is 12.8. The number of fused-ring (bicyclic) bond motifs is 4. The number of amides is 1. The Hall–Kier alpha value is -4.64. The predicted molar refractivity (Wildman–Crippen MR) is 149 cm³/mol. The molecule has 5 heteroatoms. The number of hydrogen-bond acceptors (Lipinski definition) is 3. The number of nitrogens with zero attached hydrogens (tertiary/aromatic N) is 1. The Morgan fingerprint density at radius 1 is 0.816 bits per heavy atom.